The Labute approximate surface area is 183 Å². The van der Waals surface area contributed by atoms with E-state index in [-0.39, 0.29) is 34.9 Å². The van der Waals surface area contributed by atoms with E-state index in [0.717, 1.165) is 0 Å². The molecule has 1 aromatic carbocycles. The molecule has 3 heterocycles. The normalized spacial score (nSPS) is 11.7. The van der Waals surface area contributed by atoms with Gasteiger partial charge in [-0.2, -0.15) is 4.31 Å². The topological polar surface area (TPSA) is 112 Å². The first kappa shape index (κ1) is 21.0. The van der Waals surface area contributed by atoms with Crippen LogP contribution >= 0.6 is 11.6 Å². The zero-order chi connectivity index (χ0) is 21.8. The molecule has 0 bridgehead atoms. The maximum Gasteiger partial charge on any atom is 0.247 e. The van der Waals surface area contributed by atoms with E-state index >= 15 is 0 Å². The summed E-state index contributed by atoms with van der Waals surface area (Å²) < 4.78 is 43.8. The van der Waals surface area contributed by atoms with Crippen LogP contribution in [0.2, 0.25) is 5.15 Å². The van der Waals surface area contributed by atoms with E-state index in [2.05, 4.69) is 15.2 Å². The van der Waals surface area contributed by atoms with Crippen molar-refractivity contribution in [1.29, 1.82) is 0 Å². The number of furan rings is 1. The summed E-state index contributed by atoms with van der Waals surface area (Å²) in [5, 5.41) is 8.22. The van der Waals surface area contributed by atoms with Gasteiger partial charge in [-0.05, 0) is 48.5 Å². The molecule has 11 heteroatoms. The van der Waals surface area contributed by atoms with Gasteiger partial charge in [0.25, 0.3) is 0 Å². The minimum absolute atomic E-state index is 0.0154. The fourth-order valence-electron chi connectivity index (χ4n) is 2.78. The van der Waals surface area contributed by atoms with Crippen LogP contribution in [0.15, 0.2) is 74.7 Å². The lowest BCUT2D eigenvalue weighted by atomic mass is 10.2. The fraction of sp³-hybridized carbons (Fsp3) is 0.150. The number of methoxy groups -OCH3 is 1. The predicted molar refractivity (Wildman–Crippen MR) is 111 cm³/mol. The Morgan fingerprint density at radius 1 is 1.06 bits per heavy atom. The molecule has 0 unspecified atom stereocenters. The fourth-order valence-corrected chi connectivity index (χ4v) is 4.20. The Kier molecular flexibility index (Phi) is 6.03. The van der Waals surface area contributed by atoms with Crippen LogP contribution in [0.4, 0.5) is 0 Å². The van der Waals surface area contributed by atoms with Crippen LogP contribution in [0.5, 0.6) is 5.75 Å². The zero-order valence-corrected chi connectivity index (χ0v) is 17.9. The molecular formula is C20H17ClN4O5S. The number of pyridine rings is 1. The molecule has 9 nitrogen and oxygen atoms in total. The smallest absolute Gasteiger partial charge is 0.247 e. The van der Waals surface area contributed by atoms with Gasteiger partial charge in [0.05, 0.1) is 26.5 Å². The summed E-state index contributed by atoms with van der Waals surface area (Å²) in [6.45, 7) is -0.187. The molecule has 0 spiro atoms. The van der Waals surface area contributed by atoms with Crippen LogP contribution in [-0.4, -0.2) is 35.0 Å². The molecule has 0 aliphatic rings. The van der Waals surface area contributed by atoms with Crippen LogP contribution in [0, 0.1) is 0 Å². The summed E-state index contributed by atoms with van der Waals surface area (Å²) >= 11 is 5.79. The molecule has 0 aliphatic heterocycles. The molecule has 0 aliphatic carbocycles. The average molecular weight is 461 g/mol. The quantitative estimate of drug-likeness (QED) is 0.365. The van der Waals surface area contributed by atoms with Crippen LogP contribution in [0.1, 0.15) is 11.7 Å². The molecule has 0 atom stereocenters. The van der Waals surface area contributed by atoms with Gasteiger partial charge in [-0.1, -0.05) is 11.6 Å². The van der Waals surface area contributed by atoms with E-state index < -0.39 is 10.0 Å². The number of halogens is 1. The average Bonchev–Trinajstić information content (AvgIpc) is 3.46. The molecule has 0 N–H and O–H groups in total. The standard InChI is InChI=1S/C20H17ClN4O5S/c1-28-15-6-4-14(5-7-15)20-24-23-19(30-20)13-25(12-16-3-2-10-29-16)31(26,27)17-8-9-18(21)22-11-17/h2-11H,12-13H2,1H3. The second-order valence-electron chi connectivity index (χ2n) is 6.40. The third-order valence-corrected chi connectivity index (χ3v) is 6.36. The Morgan fingerprint density at radius 3 is 2.52 bits per heavy atom. The predicted octanol–water partition coefficient (Wildman–Crippen LogP) is 3.78. The van der Waals surface area contributed by atoms with E-state index in [1.807, 2.05) is 0 Å². The van der Waals surface area contributed by atoms with Gasteiger partial charge in [0, 0.05) is 11.8 Å². The Hall–Kier alpha value is -3.21. The highest BCUT2D eigenvalue weighted by Crippen LogP contribution is 2.24. The van der Waals surface area contributed by atoms with E-state index in [0.29, 0.717) is 17.1 Å². The van der Waals surface area contributed by atoms with Gasteiger partial charge >= 0.3 is 0 Å². The van der Waals surface area contributed by atoms with Crippen molar-refractivity contribution < 1.29 is 22.0 Å². The largest absolute Gasteiger partial charge is 0.497 e. The third-order valence-electron chi connectivity index (χ3n) is 4.37. The number of sulfonamides is 1. The van der Waals surface area contributed by atoms with Crippen molar-refractivity contribution in [3.63, 3.8) is 0 Å². The van der Waals surface area contributed by atoms with Gasteiger partial charge in [0.2, 0.25) is 21.8 Å². The number of hydrogen-bond donors (Lipinski definition) is 0. The number of ether oxygens (including phenoxy) is 1. The molecule has 3 aromatic heterocycles. The second kappa shape index (κ2) is 8.88. The molecule has 160 valence electrons. The van der Waals surface area contributed by atoms with Crippen LogP contribution in [0.3, 0.4) is 0 Å². The molecule has 0 radical (unpaired) electrons. The second-order valence-corrected chi connectivity index (χ2v) is 8.72. The van der Waals surface area contributed by atoms with E-state index in [9.17, 15) is 8.42 Å². The van der Waals surface area contributed by atoms with Crippen LogP contribution in [-0.2, 0) is 23.1 Å². The van der Waals surface area contributed by atoms with Crippen LogP contribution < -0.4 is 4.74 Å². The Morgan fingerprint density at radius 2 is 1.87 bits per heavy atom. The number of nitrogens with zero attached hydrogens (tertiary/aromatic N) is 4. The van der Waals surface area contributed by atoms with Crippen molar-refractivity contribution in [2.24, 2.45) is 0 Å². The van der Waals surface area contributed by atoms with E-state index in [1.54, 1.807) is 43.5 Å². The minimum atomic E-state index is -3.95. The van der Waals surface area contributed by atoms with Crippen molar-refractivity contribution in [3.05, 3.63) is 77.8 Å². The molecular weight excluding hydrogens is 444 g/mol. The maximum absolute atomic E-state index is 13.2. The van der Waals surface area contributed by atoms with Crippen molar-refractivity contribution in [2.75, 3.05) is 7.11 Å². The van der Waals surface area contributed by atoms with Crippen molar-refractivity contribution in [2.45, 2.75) is 18.0 Å². The monoisotopic (exact) mass is 460 g/mol. The van der Waals surface area contributed by atoms with Gasteiger partial charge < -0.3 is 13.6 Å². The molecule has 4 rings (SSSR count). The molecule has 0 amide bonds. The highest BCUT2D eigenvalue weighted by Gasteiger charge is 2.28. The van der Waals surface area contributed by atoms with Gasteiger partial charge in [-0.15, -0.1) is 10.2 Å². The van der Waals surface area contributed by atoms with Crippen molar-refractivity contribution in [3.8, 4) is 17.2 Å². The maximum atomic E-state index is 13.2. The summed E-state index contributed by atoms with van der Waals surface area (Å²) in [4.78, 5) is 3.85. The van der Waals surface area contributed by atoms with Crippen molar-refractivity contribution >= 4 is 21.6 Å². The lowest BCUT2D eigenvalue weighted by Crippen LogP contribution is -2.30. The summed E-state index contributed by atoms with van der Waals surface area (Å²) in [5.74, 6) is 1.54. The Bertz CT molecular complexity index is 1240. The summed E-state index contributed by atoms with van der Waals surface area (Å²) in [6.07, 6.45) is 2.67. The molecule has 0 fully saturated rings. The molecule has 4 aromatic rings. The van der Waals surface area contributed by atoms with E-state index in [4.69, 9.17) is 25.2 Å². The molecule has 0 saturated carbocycles. The lowest BCUT2D eigenvalue weighted by Gasteiger charge is -2.19. The number of benzene rings is 1. The number of aromatic nitrogens is 3. The first-order chi connectivity index (χ1) is 15.0. The van der Waals surface area contributed by atoms with E-state index in [1.165, 1.54) is 28.9 Å². The van der Waals surface area contributed by atoms with Gasteiger partial charge in [0.1, 0.15) is 21.6 Å². The Balaban J connectivity index is 1.62. The molecule has 31 heavy (non-hydrogen) atoms. The van der Waals surface area contributed by atoms with Gasteiger partial charge in [0.15, 0.2) is 0 Å². The lowest BCUT2D eigenvalue weighted by molar-refractivity contribution is 0.326. The first-order valence-corrected chi connectivity index (χ1v) is 10.9. The van der Waals surface area contributed by atoms with Gasteiger partial charge in [-0.3, -0.25) is 0 Å². The molecule has 0 saturated heterocycles. The summed E-state index contributed by atoms with van der Waals surface area (Å²) in [5.41, 5.74) is 0.682. The zero-order valence-electron chi connectivity index (χ0n) is 16.3. The van der Waals surface area contributed by atoms with Crippen LogP contribution in [0.25, 0.3) is 11.5 Å². The third kappa shape index (κ3) is 4.76. The first-order valence-electron chi connectivity index (χ1n) is 9.06. The van der Waals surface area contributed by atoms with Gasteiger partial charge in [-0.25, -0.2) is 13.4 Å². The highest BCUT2D eigenvalue weighted by atomic mass is 35.5. The summed E-state index contributed by atoms with van der Waals surface area (Å²) in [6, 6.07) is 13.2. The number of hydrogen-bond acceptors (Lipinski definition) is 8. The SMILES string of the molecule is COc1ccc(-c2nnc(CN(Cc3ccco3)S(=O)(=O)c3ccc(Cl)nc3)o2)cc1. The highest BCUT2D eigenvalue weighted by molar-refractivity contribution is 7.89. The summed E-state index contributed by atoms with van der Waals surface area (Å²) in [7, 11) is -2.38. The minimum Gasteiger partial charge on any atom is -0.497 e. The number of rotatable bonds is 8. The van der Waals surface area contributed by atoms with Crippen molar-refractivity contribution in [1.82, 2.24) is 19.5 Å².